The summed E-state index contributed by atoms with van der Waals surface area (Å²) in [5.41, 5.74) is 6.21. The van der Waals surface area contributed by atoms with Crippen molar-refractivity contribution in [3.8, 4) is 23.6 Å². The summed E-state index contributed by atoms with van der Waals surface area (Å²) in [6.45, 7) is 8.06. The number of nitriles is 2. The molecule has 184 valence electrons. The molecule has 0 aromatic heterocycles. The van der Waals surface area contributed by atoms with E-state index < -0.39 is 18.4 Å². The van der Waals surface area contributed by atoms with Crippen LogP contribution in [-0.4, -0.2) is 11.9 Å². The molecule has 2 aromatic rings. The zero-order chi connectivity index (χ0) is 25.8. The number of benzene rings is 2. The Balaban J connectivity index is 2.16. The molecule has 0 fully saturated rings. The Morgan fingerprint density at radius 3 is 1.34 bits per heavy atom. The van der Waals surface area contributed by atoms with E-state index in [1.165, 1.54) is 0 Å². The molecule has 0 radical (unpaired) electrons. The van der Waals surface area contributed by atoms with Crippen molar-refractivity contribution in [1.29, 1.82) is 10.5 Å². The lowest BCUT2D eigenvalue weighted by Gasteiger charge is -2.17. The predicted octanol–water partition coefficient (Wildman–Crippen LogP) is 5.75. The molecule has 0 atom stereocenters. The van der Waals surface area contributed by atoms with E-state index in [0.29, 0.717) is 50.0 Å². The van der Waals surface area contributed by atoms with Crippen molar-refractivity contribution in [3.05, 3.63) is 57.6 Å². The van der Waals surface area contributed by atoms with Gasteiger partial charge in [0.25, 0.3) is 0 Å². The standard InChI is InChI=1S/C29H34N2O4/c1-5-22-20(11-9-17-30)13-15-26(24(22)7-3)34-28(32)19-29(33)35-27-16-14-21(12-10-18-31)23(6-2)25(27)8-4/h13-16H,5-12,19H2,1-4H3. The Hall–Kier alpha value is -3.64. The minimum Gasteiger partial charge on any atom is -0.426 e. The summed E-state index contributed by atoms with van der Waals surface area (Å²) >= 11 is 0. The van der Waals surface area contributed by atoms with Crippen LogP contribution in [0.4, 0.5) is 0 Å². The van der Waals surface area contributed by atoms with Gasteiger partial charge in [-0.3, -0.25) is 9.59 Å². The molecule has 0 saturated heterocycles. The maximum atomic E-state index is 12.6. The third-order valence-electron chi connectivity index (χ3n) is 6.13. The molecule has 0 heterocycles. The summed E-state index contributed by atoms with van der Waals surface area (Å²) in [4.78, 5) is 25.2. The molecule has 0 aliphatic carbocycles. The van der Waals surface area contributed by atoms with Crippen molar-refractivity contribution in [1.82, 2.24) is 0 Å². The highest BCUT2D eigenvalue weighted by atomic mass is 16.6. The van der Waals surface area contributed by atoms with Crippen LogP contribution in [0.15, 0.2) is 24.3 Å². The van der Waals surface area contributed by atoms with Crippen LogP contribution in [0.3, 0.4) is 0 Å². The molecular formula is C29H34N2O4. The van der Waals surface area contributed by atoms with E-state index in [4.69, 9.17) is 20.0 Å². The fraction of sp³-hybridized carbons (Fsp3) is 0.448. The van der Waals surface area contributed by atoms with Gasteiger partial charge in [0.15, 0.2) is 0 Å². The number of carbonyl (C=O) groups excluding carboxylic acids is 2. The van der Waals surface area contributed by atoms with Crippen LogP contribution in [0, 0.1) is 22.7 Å². The Bertz CT molecular complexity index is 1050. The highest BCUT2D eigenvalue weighted by molar-refractivity contribution is 5.93. The lowest BCUT2D eigenvalue weighted by Crippen LogP contribution is -2.19. The third kappa shape index (κ3) is 7.17. The van der Waals surface area contributed by atoms with Gasteiger partial charge in [-0.2, -0.15) is 10.5 Å². The fourth-order valence-electron chi connectivity index (χ4n) is 4.57. The maximum absolute atomic E-state index is 12.6. The van der Waals surface area contributed by atoms with Crippen molar-refractivity contribution in [2.75, 3.05) is 0 Å². The second-order valence-electron chi connectivity index (χ2n) is 8.22. The molecule has 35 heavy (non-hydrogen) atoms. The Morgan fingerprint density at radius 1 is 0.657 bits per heavy atom. The minimum atomic E-state index is -0.670. The second kappa shape index (κ2) is 13.9. The molecule has 0 aliphatic heterocycles. The van der Waals surface area contributed by atoms with Gasteiger partial charge >= 0.3 is 11.9 Å². The first-order valence-corrected chi connectivity index (χ1v) is 12.4. The first kappa shape index (κ1) is 27.6. The summed E-state index contributed by atoms with van der Waals surface area (Å²) in [6.07, 6.45) is 4.55. The molecule has 2 rings (SSSR count). The number of hydrogen-bond donors (Lipinski definition) is 0. The number of ether oxygens (including phenoxy) is 2. The number of carbonyl (C=O) groups is 2. The molecular weight excluding hydrogens is 440 g/mol. The Morgan fingerprint density at radius 2 is 1.03 bits per heavy atom. The molecule has 0 saturated carbocycles. The zero-order valence-electron chi connectivity index (χ0n) is 21.2. The largest absolute Gasteiger partial charge is 0.426 e. The van der Waals surface area contributed by atoms with Crippen molar-refractivity contribution >= 4 is 11.9 Å². The first-order valence-electron chi connectivity index (χ1n) is 12.4. The van der Waals surface area contributed by atoms with Crippen LogP contribution in [-0.2, 0) is 48.1 Å². The molecule has 0 spiro atoms. The topological polar surface area (TPSA) is 100 Å². The molecule has 0 N–H and O–H groups in total. The van der Waals surface area contributed by atoms with Crippen LogP contribution >= 0.6 is 0 Å². The van der Waals surface area contributed by atoms with E-state index in [2.05, 4.69) is 12.1 Å². The highest BCUT2D eigenvalue weighted by Crippen LogP contribution is 2.30. The van der Waals surface area contributed by atoms with Gasteiger partial charge in [0.1, 0.15) is 17.9 Å². The van der Waals surface area contributed by atoms with Crippen LogP contribution < -0.4 is 9.47 Å². The summed E-state index contributed by atoms with van der Waals surface area (Å²) in [5.74, 6) is -0.439. The van der Waals surface area contributed by atoms with Crippen molar-refractivity contribution < 1.29 is 19.1 Å². The fourth-order valence-corrected chi connectivity index (χ4v) is 4.57. The van der Waals surface area contributed by atoms with Gasteiger partial charge < -0.3 is 9.47 Å². The number of esters is 2. The second-order valence-corrected chi connectivity index (χ2v) is 8.22. The molecule has 0 bridgehead atoms. The van der Waals surface area contributed by atoms with E-state index in [1.54, 1.807) is 12.1 Å². The van der Waals surface area contributed by atoms with E-state index in [1.807, 2.05) is 39.8 Å². The molecule has 0 amide bonds. The van der Waals surface area contributed by atoms with E-state index >= 15 is 0 Å². The lowest BCUT2D eigenvalue weighted by atomic mass is 9.93. The van der Waals surface area contributed by atoms with Crippen LogP contribution in [0.25, 0.3) is 0 Å². The number of nitrogens with zero attached hydrogens (tertiary/aromatic N) is 2. The van der Waals surface area contributed by atoms with Crippen LogP contribution in [0.2, 0.25) is 0 Å². The van der Waals surface area contributed by atoms with Crippen molar-refractivity contribution in [2.24, 2.45) is 0 Å². The first-order chi connectivity index (χ1) is 16.9. The van der Waals surface area contributed by atoms with Gasteiger partial charge in [-0.15, -0.1) is 0 Å². The van der Waals surface area contributed by atoms with Crippen molar-refractivity contribution in [2.45, 2.75) is 85.5 Å². The van der Waals surface area contributed by atoms with Crippen molar-refractivity contribution in [3.63, 3.8) is 0 Å². The van der Waals surface area contributed by atoms with Gasteiger partial charge in [-0.1, -0.05) is 39.8 Å². The minimum absolute atomic E-state index is 0.430. The quantitative estimate of drug-likeness (QED) is 0.221. The maximum Gasteiger partial charge on any atom is 0.322 e. The van der Waals surface area contributed by atoms with Crippen LogP contribution in [0.5, 0.6) is 11.5 Å². The molecule has 0 aliphatic rings. The average molecular weight is 475 g/mol. The smallest absolute Gasteiger partial charge is 0.322 e. The van der Waals surface area contributed by atoms with Crippen LogP contribution in [0.1, 0.15) is 80.3 Å². The average Bonchev–Trinajstić information content (AvgIpc) is 2.85. The van der Waals surface area contributed by atoms with Gasteiger partial charge in [-0.05, 0) is 84.0 Å². The molecule has 6 nitrogen and oxygen atoms in total. The van der Waals surface area contributed by atoms with Gasteiger partial charge in [-0.25, -0.2) is 0 Å². The van der Waals surface area contributed by atoms with Gasteiger partial charge in [0.2, 0.25) is 0 Å². The Labute approximate surface area is 208 Å². The molecule has 6 heteroatoms. The third-order valence-corrected chi connectivity index (χ3v) is 6.13. The monoisotopic (exact) mass is 474 g/mol. The molecule has 2 aromatic carbocycles. The Kier molecular flexibility index (Phi) is 11.0. The van der Waals surface area contributed by atoms with E-state index in [9.17, 15) is 9.59 Å². The SMILES string of the molecule is CCc1c(CCC#N)ccc(OC(=O)CC(=O)Oc2ccc(CCC#N)c(CC)c2CC)c1CC. The van der Waals surface area contributed by atoms with E-state index in [-0.39, 0.29) is 0 Å². The van der Waals surface area contributed by atoms with Gasteiger partial charge in [0.05, 0.1) is 12.1 Å². The number of aryl methyl sites for hydroxylation is 2. The summed E-state index contributed by atoms with van der Waals surface area (Å²) in [7, 11) is 0. The van der Waals surface area contributed by atoms with Gasteiger partial charge in [0, 0.05) is 12.8 Å². The number of hydrogen-bond acceptors (Lipinski definition) is 6. The van der Waals surface area contributed by atoms with E-state index in [0.717, 1.165) is 46.2 Å². The predicted molar refractivity (Wildman–Crippen MR) is 134 cm³/mol. The zero-order valence-corrected chi connectivity index (χ0v) is 21.2. The number of rotatable bonds is 12. The lowest BCUT2D eigenvalue weighted by molar-refractivity contribution is -0.144. The summed E-state index contributed by atoms with van der Waals surface area (Å²) in [5, 5.41) is 17.8. The summed E-state index contributed by atoms with van der Waals surface area (Å²) in [6, 6.07) is 11.6. The normalized spacial score (nSPS) is 10.3. The molecule has 0 unspecified atom stereocenters. The highest BCUT2D eigenvalue weighted by Gasteiger charge is 2.20. The summed E-state index contributed by atoms with van der Waals surface area (Å²) < 4.78 is 11.2.